The molecule has 2 heterocycles. The third-order valence-corrected chi connectivity index (χ3v) is 6.01. The maximum Gasteiger partial charge on any atom is 0.348 e. The van der Waals surface area contributed by atoms with Crippen molar-refractivity contribution >= 4 is 39.1 Å². The first-order chi connectivity index (χ1) is 15.4. The number of fused-ring (bicyclic) bond motifs is 1. The molecule has 0 spiro atoms. The highest BCUT2D eigenvalue weighted by Crippen LogP contribution is 2.37. The lowest BCUT2D eigenvalue weighted by Crippen LogP contribution is -2.11. The van der Waals surface area contributed by atoms with Crippen LogP contribution in [0, 0.1) is 20.8 Å². The standard InChI is InChI=1S/C24H21N3O4S/c1-13-6-5-7-16(12-13)21(28)27-17-8-10-18(11-9-17)31-22-19-14(2)20(24(29)30-4)32-23(19)26-15(3)25-22/h5-12H,1-4H3,(H,27,28). The van der Waals surface area contributed by atoms with Crippen molar-refractivity contribution in [2.75, 3.05) is 12.4 Å². The van der Waals surface area contributed by atoms with Crippen LogP contribution < -0.4 is 10.1 Å². The van der Waals surface area contributed by atoms with Crippen molar-refractivity contribution < 1.29 is 19.1 Å². The van der Waals surface area contributed by atoms with Gasteiger partial charge in [-0.15, -0.1) is 11.3 Å². The van der Waals surface area contributed by atoms with E-state index in [0.717, 1.165) is 5.56 Å². The van der Waals surface area contributed by atoms with Crippen LogP contribution >= 0.6 is 11.3 Å². The van der Waals surface area contributed by atoms with Gasteiger partial charge in [-0.05, 0) is 62.7 Å². The number of ether oxygens (including phenoxy) is 2. The molecule has 0 radical (unpaired) electrons. The Kier molecular flexibility index (Phi) is 5.87. The summed E-state index contributed by atoms with van der Waals surface area (Å²) in [5.41, 5.74) is 2.98. The second kappa shape index (κ2) is 8.76. The van der Waals surface area contributed by atoms with Crippen LogP contribution in [0.5, 0.6) is 11.6 Å². The van der Waals surface area contributed by atoms with Crippen molar-refractivity contribution in [1.29, 1.82) is 0 Å². The number of hydrogen-bond donors (Lipinski definition) is 1. The van der Waals surface area contributed by atoms with Crippen LogP contribution in [-0.4, -0.2) is 29.0 Å². The highest BCUT2D eigenvalue weighted by molar-refractivity contribution is 7.20. The molecule has 0 saturated carbocycles. The number of esters is 1. The minimum Gasteiger partial charge on any atom is -0.465 e. The maximum atomic E-state index is 12.4. The van der Waals surface area contributed by atoms with Gasteiger partial charge >= 0.3 is 5.97 Å². The van der Waals surface area contributed by atoms with E-state index >= 15 is 0 Å². The van der Waals surface area contributed by atoms with E-state index in [0.29, 0.717) is 49.4 Å². The lowest BCUT2D eigenvalue weighted by Gasteiger charge is -2.09. The van der Waals surface area contributed by atoms with Gasteiger partial charge in [-0.2, -0.15) is 4.98 Å². The van der Waals surface area contributed by atoms with Gasteiger partial charge in [0.05, 0.1) is 12.5 Å². The van der Waals surface area contributed by atoms with Crippen LogP contribution in [-0.2, 0) is 4.74 Å². The third kappa shape index (κ3) is 4.31. The van der Waals surface area contributed by atoms with E-state index in [9.17, 15) is 9.59 Å². The Hall–Kier alpha value is -3.78. The van der Waals surface area contributed by atoms with Crippen molar-refractivity contribution in [3.8, 4) is 11.6 Å². The zero-order valence-electron chi connectivity index (χ0n) is 18.1. The summed E-state index contributed by atoms with van der Waals surface area (Å²) in [6.45, 7) is 5.53. The fraction of sp³-hybridized carbons (Fsp3) is 0.167. The zero-order chi connectivity index (χ0) is 22.8. The molecule has 0 aliphatic heterocycles. The Balaban J connectivity index is 1.58. The summed E-state index contributed by atoms with van der Waals surface area (Å²) in [7, 11) is 1.35. The Morgan fingerprint density at radius 3 is 2.44 bits per heavy atom. The Labute approximate surface area is 189 Å². The summed E-state index contributed by atoms with van der Waals surface area (Å²) in [4.78, 5) is 34.5. The number of methoxy groups -OCH3 is 1. The topological polar surface area (TPSA) is 90.4 Å². The van der Waals surface area contributed by atoms with Gasteiger partial charge in [0.1, 0.15) is 21.3 Å². The third-order valence-electron chi connectivity index (χ3n) is 4.85. The fourth-order valence-corrected chi connectivity index (χ4v) is 4.41. The molecule has 0 bridgehead atoms. The number of aromatic nitrogens is 2. The molecule has 4 aromatic rings. The molecule has 7 nitrogen and oxygen atoms in total. The summed E-state index contributed by atoms with van der Waals surface area (Å²) in [5, 5.41) is 3.56. The number of nitrogens with zero attached hydrogens (tertiary/aromatic N) is 2. The highest BCUT2D eigenvalue weighted by Gasteiger charge is 2.21. The van der Waals surface area contributed by atoms with E-state index in [1.54, 1.807) is 37.3 Å². The molecule has 0 aliphatic carbocycles. The van der Waals surface area contributed by atoms with Gasteiger partial charge in [0.2, 0.25) is 5.88 Å². The number of rotatable bonds is 5. The van der Waals surface area contributed by atoms with Crippen LogP contribution in [0.3, 0.4) is 0 Å². The highest BCUT2D eigenvalue weighted by atomic mass is 32.1. The van der Waals surface area contributed by atoms with Gasteiger partial charge in [-0.1, -0.05) is 17.7 Å². The first-order valence-corrected chi connectivity index (χ1v) is 10.7. The average Bonchev–Trinajstić information content (AvgIpc) is 3.10. The maximum absolute atomic E-state index is 12.4. The normalized spacial score (nSPS) is 10.8. The molecule has 162 valence electrons. The smallest absolute Gasteiger partial charge is 0.348 e. The number of anilines is 1. The summed E-state index contributed by atoms with van der Waals surface area (Å²) >= 11 is 1.25. The van der Waals surface area contributed by atoms with Gasteiger partial charge < -0.3 is 14.8 Å². The number of carbonyl (C=O) groups is 2. The average molecular weight is 448 g/mol. The lowest BCUT2D eigenvalue weighted by molar-refractivity contribution is 0.0605. The number of amides is 1. The van der Waals surface area contributed by atoms with E-state index in [-0.39, 0.29) is 5.91 Å². The minimum absolute atomic E-state index is 0.181. The number of carbonyl (C=O) groups excluding carboxylic acids is 2. The number of hydrogen-bond acceptors (Lipinski definition) is 7. The number of aryl methyl sites for hydroxylation is 3. The van der Waals surface area contributed by atoms with Crippen molar-refractivity contribution in [2.24, 2.45) is 0 Å². The van der Waals surface area contributed by atoms with Crippen LogP contribution in [0.4, 0.5) is 5.69 Å². The van der Waals surface area contributed by atoms with Gasteiger partial charge in [0, 0.05) is 11.3 Å². The van der Waals surface area contributed by atoms with E-state index in [1.165, 1.54) is 18.4 Å². The zero-order valence-corrected chi connectivity index (χ0v) is 18.9. The van der Waals surface area contributed by atoms with Crippen LogP contribution in [0.15, 0.2) is 48.5 Å². The molecule has 2 aromatic heterocycles. The number of nitrogens with one attached hydrogen (secondary N) is 1. The molecule has 32 heavy (non-hydrogen) atoms. The monoisotopic (exact) mass is 447 g/mol. The number of thiophene rings is 1. The molecule has 2 aromatic carbocycles. The molecule has 0 saturated heterocycles. The molecule has 8 heteroatoms. The predicted molar refractivity (Wildman–Crippen MR) is 124 cm³/mol. The first kappa shape index (κ1) is 21.5. The van der Waals surface area contributed by atoms with Crippen molar-refractivity contribution in [3.63, 3.8) is 0 Å². The van der Waals surface area contributed by atoms with E-state index in [1.807, 2.05) is 32.0 Å². The fourth-order valence-electron chi connectivity index (χ4n) is 3.27. The predicted octanol–water partition coefficient (Wildman–Crippen LogP) is 5.45. The first-order valence-electron chi connectivity index (χ1n) is 9.87. The van der Waals surface area contributed by atoms with Crippen molar-refractivity contribution in [1.82, 2.24) is 9.97 Å². The van der Waals surface area contributed by atoms with Crippen LogP contribution in [0.25, 0.3) is 10.2 Å². The summed E-state index contributed by atoms with van der Waals surface area (Å²) in [6, 6.07) is 14.4. The van der Waals surface area contributed by atoms with Gasteiger partial charge in [0.25, 0.3) is 5.91 Å². The Morgan fingerprint density at radius 1 is 1.00 bits per heavy atom. The second-order valence-corrected chi connectivity index (χ2v) is 8.25. The molecule has 4 rings (SSSR count). The van der Waals surface area contributed by atoms with E-state index < -0.39 is 5.97 Å². The molecule has 1 amide bonds. The molecule has 0 fully saturated rings. The van der Waals surface area contributed by atoms with Crippen molar-refractivity contribution in [3.05, 3.63) is 75.9 Å². The Bertz CT molecular complexity index is 1330. The van der Waals surface area contributed by atoms with E-state index in [4.69, 9.17) is 9.47 Å². The van der Waals surface area contributed by atoms with Gasteiger partial charge in [-0.25, -0.2) is 9.78 Å². The summed E-state index contributed by atoms with van der Waals surface area (Å²) in [5.74, 6) is 0.853. The Morgan fingerprint density at radius 2 is 1.75 bits per heavy atom. The largest absolute Gasteiger partial charge is 0.465 e. The molecule has 0 atom stereocenters. The quantitative estimate of drug-likeness (QED) is 0.409. The SMILES string of the molecule is COC(=O)c1sc2nc(C)nc(Oc3ccc(NC(=O)c4cccc(C)c4)cc3)c2c1C. The minimum atomic E-state index is -0.414. The van der Waals surface area contributed by atoms with E-state index in [2.05, 4.69) is 15.3 Å². The van der Waals surface area contributed by atoms with Crippen LogP contribution in [0.2, 0.25) is 0 Å². The molecule has 0 aliphatic rings. The molecule has 0 unspecified atom stereocenters. The van der Waals surface area contributed by atoms with Crippen LogP contribution in [0.1, 0.15) is 37.0 Å². The summed E-state index contributed by atoms with van der Waals surface area (Å²) in [6.07, 6.45) is 0. The number of benzene rings is 2. The van der Waals surface area contributed by atoms with Crippen molar-refractivity contribution in [2.45, 2.75) is 20.8 Å². The molecular weight excluding hydrogens is 426 g/mol. The second-order valence-electron chi connectivity index (χ2n) is 7.25. The lowest BCUT2D eigenvalue weighted by atomic mass is 10.1. The summed E-state index contributed by atoms with van der Waals surface area (Å²) < 4.78 is 10.9. The van der Waals surface area contributed by atoms with Gasteiger partial charge in [-0.3, -0.25) is 4.79 Å². The van der Waals surface area contributed by atoms with Gasteiger partial charge in [0.15, 0.2) is 0 Å². The molecule has 1 N–H and O–H groups in total. The molecular formula is C24H21N3O4S.